The Kier molecular flexibility index (Phi) is 6.71. The predicted molar refractivity (Wildman–Crippen MR) is 81.5 cm³/mol. The fraction of sp³-hybridized carbons (Fsp3) is 0.533. The lowest BCUT2D eigenvalue weighted by molar-refractivity contribution is 0.0953. The van der Waals surface area contributed by atoms with Crippen molar-refractivity contribution in [2.45, 2.75) is 38.4 Å². The normalized spacial score (nSPS) is 11.3. The number of sulfone groups is 1. The van der Waals surface area contributed by atoms with Gasteiger partial charge in [0.15, 0.2) is 9.84 Å². The zero-order valence-corrected chi connectivity index (χ0v) is 13.0. The van der Waals surface area contributed by atoms with Gasteiger partial charge in [0, 0.05) is 18.4 Å². The molecule has 4 nitrogen and oxygen atoms in total. The molecule has 1 N–H and O–H groups in total. The van der Waals surface area contributed by atoms with Gasteiger partial charge >= 0.3 is 0 Å². The van der Waals surface area contributed by atoms with Crippen LogP contribution in [0.5, 0.6) is 0 Å². The maximum atomic E-state index is 11.9. The van der Waals surface area contributed by atoms with E-state index in [2.05, 4.69) is 12.2 Å². The van der Waals surface area contributed by atoms with Crippen LogP contribution in [0, 0.1) is 0 Å². The predicted octanol–water partition coefficient (Wildman–Crippen LogP) is 2.54. The summed E-state index contributed by atoms with van der Waals surface area (Å²) in [7, 11) is -3.08. The van der Waals surface area contributed by atoms with Gasteiger partial charge in [-0.25, -0.2) is 8.42 Å². The van der Waals surface area contributed by atoms with Crippen molar-refractivity contribution in [2.24, 2.45) is 0 Å². The summed E-state index contributed by atoms with van der Waals surface area (Å²) in [4.78, 5) is 11.9. The second-order valence-corrected chi connectivity index (χ2v) is 7.23. The molecule has 1 aromatic rings. The molecule has 0 radical (unpaired) electrons. The van der Waals surface area contributed by atoms with E-state index in [-0.39, 0.29) is 11.7 Å². The average molecular weight is 297 g/mol. The summed E-state index contributed by atoms with van der Waals surface area (Å²) < 4.78 is 22.5. The number of carbonyl (C=O) groups excluding carboxylic acids is 1. The summed E-state index contributed by atoms with van der Waals surface area (Å²) in [6, 6.07) is 6.78. The fourth-order valence-corrected chi connectivity index (χ4v) is 2.75. The van der Waals surface area contributed by atoms with Crippen LogP contribution < -0.4 is 5.32 Å². The topological polar surface area (TPSA) is 63.2 Å². The molecule has 0 heterocycles. The van der Waals surface area contributed by atoms with Gasteiger partial charge in [-0.05, 0) is 24.1 Å². The van der Waals surface area contributed by atoms with Crippen LogP contribution >= 0.6 is 0 Å². The van der Waals surface area contributed by atoms with E-state index in [1.54, 1.807) is 24.3 Å². The van der Waals surface area contributed by atoms with Gasteiger partial charge in [0.1, 0.15) is 0 Å². The molecule has 1 rings (SSSR count). The zero-order valence-electron chi connectivity index (χ0n) is 12.2. The molecular weight excluding hydrogens is 274 g/mol. The Morgan fingerprint density at radius 2 is 1.95 bits per heavy atom. The third-order valence-electron chi connectivity index (χ3n) is 2.93. The zero-order chi connectivity index (χ0) is 15.0. The number of hydrogen-bond donors (Lipinski definition) is 1. The quantitative estimate of drug-likeness (QED) is 0.750. The fourth-order valence-electron chi connectivity index (χ4n) is 1.96. The molecule has 1 amide bonds. The van der Waals surface area contributed by atoms with Gasteiger partial charge in [0.2, 0.25) is 0 Å². The van der Waals surface area contributed by atoms with E-state index in [0.717, 1.165) is 12.8 Å². The van der Waals surface area contributed by atoms with Crippen molar-refractivity contribution in [2.75, 3.05) is 12.8 Å². The summed E-state index contributed by atoms with van der Waals surface area (Å²) in [5, 5.41) is 2.86. The second-order valence-electron chi connectivity index (χ2n) is 5.09. The lowest BCUT2D eigenvalue weighted by Crippen LogP contribution is -2.24. The Bertz CT molecular complexity index is 538. The monoisotopic (exact) mass is 297 g/mol. The molecule has 1 aromatic carbocycles. The molecule has 5 heteroatoms. The van der Waals surface area contributed by atoms with Crippen LogP contribution in [-0.2, 0) is 15.6 Å². The van der Waals surface area contributed by atoms with E-state index in [9.17, 15) is 13.2 Å². The molecule has 0 fully saturated rings. The van der Waals surface area contributed by atoms with E-state index >= 15 is 0 Å². The lowest BCUT2D eigenvalue weighted by atomic mass is 10.1. The molecule has 0 aromatic heterocycles. The van der Waals surface area contributed by atoms with Crippen LogP contribution in [0.4, 0.5) is 0 Å². The summed E-state index contributed by atoms with van der Waals surface area (Å²) in [5.41, 5.74) is 1.16. The van der Waals surface area contributed by atoms with Gasteiger partial charge < -0.3 is 5.32 Å². The molecular formula is C15H23NO3S. The third kappa shape index (κ3) is 6.70. The number of rotatable bonds is 8. The number of amides is 1. The van der Waals surface area contributed by atoms with Gasteiger partial charge in [-0.1, -0.05) is 38.3 Å². The molecule has 0 saturated carbocycles. The van der Waals surface area contributed by atoms with Crippen molar-refractivity contribution in [3.05, 3.63) is 35.4 Å². The number of nitrogens with one attached hydrogen (secondary N) is 1. The molecule has 0 atom stereocenters. The largest absolute Gasteiger partial charge is 0.352 e. The highest BCUT2D eigenvalue weighted by molar-refractivity contribution is 7.89. The molecule has 0 aliphatic heterocycles. The lowest BCUT2D eigenvalue weighted by Gasteiger charge is -2.06. The van der Waals surface area contributed by atoms with Crippen molar-refractivity contribution >= 4 is 15.7 Å². The van der Waals surface area contributed by atoms with E-state index in [4.69, 9.17) is 0 Å². The first-order chi connectivity index (χ1) is 9.42. The Morgan fingerprint density at radius 3 is 2.60 bits per heavy atom. The third-order valence-corrected chi connectivity index (χ3v) is 3.79. The van der Waals surface area contributed by atoms with Crippen molar-refractivity contribution in [3.63, 3.8) is 0 Å². The van der Waals surface area contributed by atoms with Crippen molar-refractivity contribution < 1.29 is 13.2 Å². The van der Waals surface area contributed by atoms with Crippen LogP contribution in [0.15, 0.2) is 24.3 Å². The Hall–Kier alpha value is -1.36. The Morgan fingerprint density at radius 1 is 1.20 bits per heavy atom. The molecule has 112 valence electrons. The van der Waals surface area contributed by atoms with Gasteiger partial charge in [-0.15, -0.1) is 0 Å². The minimum absolute atomic E-state index is 0.0371. The summed E-state index contributed by atoms with van der Waals surface area (Å²) in [6.07, 6.45) is 5.63. The first-order valence-corrected chi connectivity index (χ1v) is 9.03. The molecule has 0 saturated heterocycles. The van der Waals surface area contributed by atoms with Crippen LogP contribution in [0.2, 0.25) is 0 Å². The minimum Gasteiger partial charge on any atom is -0.352 e. The van der Waals surface area contributed by atoms with E-state index in [1.165, 1.54) is 19.1 Å². The average Bonchev–Trinajstić information content (AvgIpc) is 2.36. The van der Waals surface area contributed by atoms with Crippen molar-refractivity contribution in [3.8, 4) is 0 Å². The van der Waals surface area contributed by atoms with E-state index < -0.39 is 9.84 Å². The number of carbonyl (C=O) groups is 1. The summed E-state index contributed by atoms with van der Waals surface area (Å²) in [6.45, 7) is 2.81. The number of benzene rings is 1. The van der Waals surface area contributed by atoms with Crippen LogP contribution in [0.3, 0.4) is 0 Å². The first-order valence-electron chi connectivity index (χ1n) is 6.97. The molecule has 0 aliphatic rings. The molecule has 20 heavy (non-hydrogen) atoms. The van der Waals surface area contributed by atoms with E-state index in [0.29, 0.717) is 17.7 Å². The summed E-state index contributed by atoms with van der Waals surface area (Å²) >= 11 is 0. The van der Waals surface area contributed by atoms with E-state index in [1.807, 2.05) is 0 Å². The maximum Gasteiger partial charge on any atom is 0.251 e. The van der Waals surface area contributed by atoms with Gasteiger partial charge in [-0.3, -0.25) is 4.79 Å². The number of unbranched alkanes of at least 4 members (excludes halogenated alkanes) is 3. The molecule has 0 aliphatic carbocycles. The summed E-state index contributed by atoms with van der Waals surface area (Å²) in [5.74, 6) is -0.179. The Balaban J connectivity index is 2.54. The Labute approximate surface area is 121 Å². The highest BCUT2D eigenvalue weighted by Gasteiger charge is 2.08. The molecule has 0 unspecified atom stereocenters. The highest BCUT2D eigenvalue weighted by Crippen LogP contribution is 2.09. The van der Waals surface area contributed by atoms with Gasteiger partial charge in [0.25, 0.3) is 5.91 Å². The first kappa shape index (κ1) is 16.7. The SMILES string of the molecule is CCCCCCNC(=O)c1cccc(CS(C)(=O)=O)c1. The molecule has 0 bridgehead atoms. The smallest absolute Gasteiger partial charge is 0.251 e. The van der Waals surface area contributed by atoms with Crippen LogP contribution in [0.1, 0.15) is 48.5 Å². The van der Waals surface area contributed by atoms with Gasteiger partial charge in [-0.2, -0.15) is 0 Å². The molecule has 0 spiro atoms. The van der Waals surface area contributed by atoms with Crippen LogP contribution in [-0.4, -0.2) is 27.1 Å². The van der Waals surface area contributed by atoms with Crippen LogP contribution in [0.25, 0.3) is 0 Å². The van der Waals surface area contributed by atoms with Gasteiger partial charge in [0.05, 0.1) is 5.75 Å². The second kappa shape index (κ2) is 8.04. The number of hydrogen-bond acceptors (Lipinski definition) is 3. The van der Waals surface area contributed by atoms with Crippen molar-refractivity contribution in [1.82, 2.24) is 5.32 Å². The highest BCUT2D eigenvalue weighted by atomic mass is 32.2. The maximum absolute atomic E-state index is 11.9. The minimum atomic E-state index is -3.08. The standard InChI is InChI=1S/C15H23NO3S/c1-3-4-5-6-10-16-15(17)14-9-7-8-13(11-14)12-20(2,18)19/h7-9,11H,3-6,10,12H2,1-2H3,(H,16,17). The van der Waals surface area contributed by atoms with Crippen molar-refractivity contribution in [1.29, 1.82) is 0 Å².